The number of nitrogens with zero attached hydrogens (tertiary/aromatic N) is 1. The van der Waals surface area contributed by atoms with Crippen LogP contribution in [0.2, 0.25) is 0 Å². The Balaban J connectivity index is 1.32. The van der Waals surface area contributed by atoms with Gasteiger partial charge in [-0.25, -0.2) is 17.2 Å². The smallest absolute Gasteiger partial charge is 0.309 e. The fraction of sp³-hybridized carbons (Fsp3) is 0.250. The lowest BCUT2D eigenvalue weighted by Crippen LogP contribution is -2.40. The molecule has 33 heavy (non-hydrogen) atoms. The van der Waals surface area contributed by atoms with Gasteiger partial charge in [-0.2, -0.15) is 4.31 Å². The number of ether oxygens (including phenoxy) is 1. The topological polar surface area (TPSA) is 80.8 Å². The number of esters is 1. The van der Waals surface area contributed by atoms with E-state index in [0.29, 0.717) is 11.6 Å². The first-order valence-electron chi connectivity index (χ1n) is 10.4. The minimum atomic E-state index is -4.01. The van der Waals surface area contributed by atoms with Gasteiger partial charge in [-0.1, -0.05) is 36.4 Å². The summed E-state index contributed by atoms with van der Waals surface area (Å²) in [4.78, 5) is 24.5. The summed E-state index contributed by atoms with van der Waals surface area (Å²) in [7, 11) is -4.01. The summed E-state index contributed by atoms with van der Waals surface area (Å²) < 4.78 is 58.2. The van der Waals surface area contributed by atoms with Gasteiger partial charge in [-0.15, -0.1) is 0 Å². The second kappa shape index (κ2) is 9.36. The van der Waals surface area contributed by atoms with Crippen molar-refractivity contribution in [1.82, 2.24) is 4.31 Å². The zero-order valence-electron chi connectivity index (χ0n) is 17.5. The molecule has 1 aliphatic rings. The highest BCUT2D eigenvalue weighted by atomic mass is 32.2. The van der Waals surface area contributed by atoms with Gasteiger partial charge in [-0.05, 0) is 47.9 Å². The van der Waals surface area contributed by atoms with Gasteiger partial charge in [0.15, 0.2) is 24.0 Å². The third-order valence-electron chi connectivity index (χ3n) is 5.73. The van der Waals surface area contributed by atoms with Crippen molar-refractivity contribution in [2.45, 2.75) is 17.7 Å². The number of rotatable bonds is 6. The number of sulfonamides is 1. The molecule has 0 N–H and O–H groups in total. The van der Waals surface area contributed by atoms with Crippen molar-refractivity contribution in [3.63, 3.8) is 0 Å². The van der Waals surface area contributed by atoms with Crippen molar-refractivity contribution in [2.24, 2.45) is 5.92 Å². The molecule has 0 bridgehead atoms. The molecule has 0 amide bonds. The Kier molecular flexibility index (Phi) is 6.53. The van der Waals surface area contributed by atoms with E-state index in [1.54, 1.807) is 12.1 Å². The fourth-order valence-corrected chi connectivity index (χ4v) is 5.30. The average Bonchev–Trinajstić information content (AvgIpc) is 2.83. The summed E-state index contributed by atoms with van der Waals surface area (Å²) in [6.45, 7) is -0.343. The number of halogens is 2. The van der Waals surface area contributed by atoms with Crippen LogP contribution in [0, 0.1) is 17.6 Å². The van der Waals surface area contributed by atoms with Crippen LogP contribution in [-0.2, 0) is 19.6 Å². The molecule has 0 radical (unpaired) electrons. The number of carbonyl (C=O) groups is 2. The van der Waals surface area contributed by atoms with Gasteiger partial charge in [0.25, 0.3) is 0 Å². The predicted octanol–water partition coefficient (Wildman–Crippen LogP) is 3.94. The standard InChI is InChI=1S/C24H21F2NO5S/c25-21-8-7-20(14-22(21)26)33(30,31)27-11-9-17(10-12-27)24(29)32-15-23(28)19-6-5-16-3-1-2-4-18(16)13-19/h1-8,13-14,17H,9-12,15H2. The number of carbonyl (C=O) groups excluding carboxylic acids is 2. The zero-order valence-corrected chi connectivity index (χ0v) is 18.4. The van der Waals surface area contributed by atoms with Crippen LogP contribution in [0.15, 0.2) is 65.6 Å². The normalized spacial score (nSPS) is 15.5. The lowest BCUT2D eigenvalue weighted by atomic mass is 9.98. The second-order valence-corrected chi connectivity index (χ2v) is 9.79. The first kappa shape index (κ1) is 23.0. The summed E-state index contributed by atoms with van der Waals surface area (Å²) in [5, 5.41) is 1.90. The van der Waals surface area contributed by atoms with E-state index in [4.69, 9.17) is 4.74 Å². The first-order valence-corrected chi connectivity index (χ1v) is 11.8. The molecule has 6 nitrogen and oxygen atoms in total. The molecule has 0 spiro atoms. The molecule has 9 heteroatoms. The Morgan fingerprint density at radius 3 is 2.30 bits per heavy atom. The molecule has 0 aromatic heterocycles. The Bertz CT molecular complexity index is 1320. The number of hydrogen-bond donors (Lipinski definition) is 0. The zero-order chi connectivity index (χ0) is 23.6. The predicted molar refractivity (Wildman–Crippen MR) is 117 cm³/mol. The van der Waals surface area contributed by atoms with E-state index >= 15 is 0 Å². The molecule has 0 atom stereocenters. The first-order chi connectivity index (χ1) is 15.8. The van der Waals surface area contributed by atoms with E-state index in [1.807, 2.05) is 30.3 Å². The van der Waals surface area contributed by atoms with Crippen molar-refractivity contribution in [3.8, 4) is 0 Å². The van der Waals surface area contributed by atoms with Crippen LogP contribution in [0.25, 0.3) is 10.8 Å². The van der Waals surface area contributed by atoms with Crippen LogP contribution in [0.5, 0.6) is 0 Å². The number of fused-ring (bicyclic) bond motifs is 1. The minimum Gasteiger partial charge on any atom is -0.457 e. The van der Waals surface area contributed by atoms with Gasteiger partial charge in [0, 0.05) is 18.7 Å². The fourth-order valence-electron chi connectivity index (χ4n) is 3.82. The van der Waals surface area contributed by atoms with Gasteiger partial charge < -0.3 is 4.74 Å². The molecule has 1 heterocycles. The molecule has 0 saturated carbocycles. The SMILES string of the molecule is O=C(COC(=O)C1CCN(S(=O)(=O)c2ccc(F)c(F)c2)CC1)c1ccc2ccccc2c1. The third-order valence-corrected chi connectivity index (χ3v) is 7.63. The summed E-state index contributed by atoms with van der Waals surface area (Å²) in [6.07, 6.45) is 0.401. The molecule has 172 valence electrons. The molecular weight excluding hydrogens is 452 g/mol. The molecule has 4 rings (SSSR count). The molecule has 1 saturated heterocycles. The van der Waals surface area contributed by atoms with Crippen molar-refractivity contribution in [2.75, 3.05) is 19.7 Å². The van der Waals surface area contributed by atoms with Crippen LogP contribution in [-0.4, -0.2) is 44.2 Å². The number of ketones is 1. The van der Waals surface area contributed by atoms with Gasteiger partial charge in [0.2, 0.25) is 10.0 Å². The van der Waals surface area contributed by atoms with Gasteiger partial charge >= 0.3 is 5.97 Å². The van der Waals surface area contributed by atoms with Gasteiger partial charge in [0.1, 0.15) is 0 Å². The van der Waals surface area contributed by atoms with Crippen LogP contribution in [0.4, 0.5) is 8.78 Å². The van der Waals surface area contributed by atoms with Crippen molar-refractivity contribution in [3.05, 3.63) is 77.9 Å². The van der Waals surface area contributed by atoms with E-state index in [9.17, 15) is 26.8 Å². The lowest BCUT2D eigenvalue weighted by Gasteiger charge is -2.30. The molecular formula is C24H21F2NO5S. The highest BCUT2D eigenvalue weighted by Gasteiger charge is 2.33. The Morgan fingerprint density at radius 1 is 0.909 bits per heavy atom. The van der Waals surface area contributed by atoms with Crippen molar-refractivity contribution >= 4 is 32.5 Å². The third kappa shape index (κ3) is 4.94. The molecule has 0 aliphatic carbocycles. The van der Waals surface area contributed by atoms with Crippen LogP contribution >= 0.6 is 0 Å². The lowest BCUT2D eigenvalue weighted by molar-refractivity contribution is -0.148. The highest BCUT2D eigenvalue weighted by Crippen LogP contribution is 2.25. The molecule has 3 aromatic carbocycles. The maximum atomic E-state index is 13.4. The van der Waals surface area contributed by atoms with E-state index < -0.39 is 40.2 Å². The van der Waals surface area contributed by atoms with Gasteiger partial charge in [-0.3, -0.25) is 9.59 Å². The second-order valence-electron chi connectivity index (χ2n) is 7.85. The van der Waals surface area contributed by atoms with Crippen LogP contribution in [0.3, 0.4) is 0 Å². The highest BCUT2D eigenvalue weighted by molar-refractivity contribution is 7.89. The quantitative estimate of drug-likeness (QED) is 0.400. The maximum absolute atomic E-state index is 13.4. The monoisotopic (exact) mass is 473 g/mol. The van der Waals surface area contributed by atoms with Crippen LogP contribution < -0.4 is 0 Å². The number of piperidine rings is 1. The summed E-state index contributed by atoms with van der Waals surface area (Å²) in [5.41, 5.74) is 0.439. The summed E-state index contributed by atoms with van der Waals surface area (Å²) in [5.74, 6) is -3.81. The Hall–Kier alpha value is -3.17. The molecule has 1 fully saturated rings. The van der Waals surface area contributed by atoms with Crippen molar-refractivity contribution in [1.29, 1.82) is 0 Å². The molecule has 1 aliphatic heterocycles. The van der Waals surface area contributed by atoms with E-state index in [0.717, 1.165) is 27.2 Å². The van der Waals surface area contributed by atoms with E-state index in [1.165, 1.54) is 0 Å². The van der Waals surface area contributed by atoms with E-state index in [2.05, 4.69) is 0 Å². The number of Topliss-reactive ketones (excluding diaryl/α,β-unsaturated/α-hetero) is 1. The maximum Gasteiger partial charge on any atom is 0.309 e. The Morgan fingerprint density at radius 2 is 1.61 bits per heavy atom. The van der Waals surface area contributed by atoms with E-state index in [-0.39, 0.29) is 36.6 Å². The summed E-state index contributed by atoms with van der Waals surface area (Å²) in [6, 6.07) is 15.3. The number of benzene rings is 3. The summed E-state index contributed by atoms with van der Waals surface area (Å²) >= 11 is 0. The number of hydrogen-bond acceptors (Lipinski definition) is 5. The largest absolute Gasteiger partial charge is 0.457 e. The molecule has 0 unspecified atom stereocenters. The van der Waals surface area contributed by atoms with Crippen molar-refractivity contribution < 1.29 is 31.5 Å². The molecule has 3 aromatic rings. The minimum absolute atomic E-state index is 0.0275. The Labute approximate surface area is 189 Å². The average molecular weight is 473 g/mol. The van der Waals surface area contributed by atoms with Crippen LogP contribution in [0.1, 0.15) is 23.2 Å². The van der Waals surface area contributed by atoms with Gasteiger partial charge in [0.05, 0.1) is 10.8 Å².